The lowest BCUT2D eigenvalue weighted by atomic mass is 10.0. The first-order valence-corrected chi connectivity index (χ1v) is 8.35. The lowest BCUT2D eigenvalue weighted by Crippen LogP contribution is -2.38. The van der Waals surface area contributed by atoms with Crippen LogP contribution < -0.4 is 0 Å². The van der Waals surface area contributed by atoms with E-state index in [1.165, 1.54) is 0 Å². The van der Waals surface area contributed by atoms with Crippen molar-refractivity contribution in [1.29, 1.82) is 0 Å². The molecule has 0 amide bonds. The summed E-state index contributed by atoms with van der Waals surface area (Å²) in [5.74, 6) is 0.147. The van der Waals surface area contributed by atoms with Gasteiger partial charge in [-0.1, -0.05) is 18.2 Å². The van der Waals surface area contributed by atoms with E-state index in [4.69, 9.17) is 9.47 Å². The molecular weight excluding hydrogens is 278 g/mol. The fraction of sp³-hybridized carbons (Fsp3) is 0.571. The van der Waals surface area contributed by atoms with Crippen LogP contribution in [-0.2, 0) is 19.5 Å². The third kappa shape index (κ3) is 2.26. The Labute approximate surface area is 119 Å². The Hall–Kier alpha value is -0.950. The fourth-order valence-corrected chi connectivity index (χ4v) is 4.74. The van der Waals surface area contributed by atoms with Crippen LogP contribution in [0.4, 0.5) is 0 Å². The SMILES string of the molecule is CCO[C@@H]1CN(S(=O)(=O)c2ccccc2)[C@H]2COC[C@@H]12. The second kappa shape index (κ2) is 5.44. The van der Waals surface area contributed by atoms with Crippen LogP contribution in [0.1, 0.15) is 6.92 Å². The smallest absolute Gasteiger partial charge is 0.243 e. The third-order valence-electron chi connectivity index (χ3n) is 4.03. The van der Waals surface area contributed by atoms with Crippen molar-refractivity contribution in [3.05, 3.63) is 30.3 Å². The third-order valence-corrected chi connectivity index (χ3v) is 5.94. The molecule has 2 aliphatic rings. The second-order valence-corrected chi connectivity index (χ2v) is 7.04. The molecule has 2 aliphatic heterocycles. The molecule has 2 fully saturated rings. The fourth-order valence-electron chi connectivity index (χ4n) is 3.05. The number of sulfonamides is 1. The summed E-state index contributed by atoms with van der Waals surface area (Å²) < 4.78 is 38.2. The minimum atomic E-state index is -3.47. The van der Waals surface area contributed by atoms with Gasteiger partial charge in [0.2, 0.25) is 10.0 Å². The molecule has 2 saturated heterocycles. The lowest BCUT2D eigenvalue weighted by molar-refractivity contribution is 0.0308. The van der Waals surface area contributed by atoms with Crippen LogP contribution in [0.5, 0.6) is 0 Å². The van der Waals surface area contributed by atoms with Crippen LogP contribution in [0.2, 0.25) is 0 Å². The molecule has 3 atom stereocenters. The number of ether oxygens (including phenoxy) is 2. The molecule has 2 heterocycles. The predicted octanol–water partition coefficient (Wildman–Crippen LogP) is 1.11. The first-order valence-electron chi connectivity index (χ1n) is 6.91. The molecule has 110 valence electrons. The monoisotopic (exact) mass is 297 g/mol. The highest BCUT2D eigenvalue weighted by molar-refractivity contribution is 7.89. The van der Waals surface area contributed by atoms with E-state index < -0.39 is 10.0 Å². The minimum absolute atomic E-state index is 0.0639. The topological polar surface area (TPSA) is 55.8 Å². The maximum Gasteiger partial charge on any atom is 0.243 e. The van der Waals surface area contributed by atoms with E-state index >= 15 is 0 Å². The van der Waals surface area contributed by atoms with Crippen molar-refractivity contribution in [2.45, 2.75) is 24.0 Å². The van der Waals surface area contributed by atoms with Gasteiger partial charge in [0.05, 0.1) is 30.3 Å². The van der Waals surface area contributed by atoms with Crippen molar-refractivity contribution in [2.24, 2.45) is 5.92 Å². The summed E-state index contributed by atoms with van der Waals surface area (Å²) in [5, 5.41) is 0. The molecule has 0 aromatic heterocycles. The molecular formula is C14H19NO4S. The molecule has 0 N–H and O–H groups in total. The molecule has 1 aromatic carbocycles. The van der Waals surface area contributed by atoms with E-state index in [9.17, 15) is 8.42 Å². The summed E-state index contributed by atoms with van der Waals surface area (Å²) in [7, 11) is -3.47. The van der Waals surface area contributed by atoms with Gasteiger partial charge in [-0.25, -0.2) is 8.42 Å². The summed E-state index contributed by atoms with van der Waals surface area (Å²) in [6.45, 7) is 3.98. The van der Waals surface area contributed by atoms with Gasteiger partial charge in [-0.3, -0.25) is 0 Å². The average Bonchev–Trinajstić information content (AvgIpc) is 3.04. The lowest BCUT2D eigenvalue weighted by Gasteiger charge is -2.21. The second-order valence-electron chi connectivity index (χ2n) is 5.15. The molecule has 0 bridgehead atoms. The summed E-state index contributed by atoms with van der Waals surface area (Å²) in [5.41, 5.74) is 0. The molecule has 5 nitrogen and oxygen atoms in total. The van der Waals surface area contributed by atoms with Crippen molar-refractivity contribution in [3.63, 3.8) is 0 Å². The van der Waals surface area contributed by atoms with E-state index in [0.717, 1.165) is 0 Å². The summed E-state index contributed by atoms with van der Waals surface area (Å²) in [4.78, 5) is 0.336. The van der Waals surface area contributed by atoms with Crippen LogP contribution in [0.25, 0.3) is 0 Å². The number of nitrogens with zero attached hydrogens (tertiary/aromatic N) is 1. The molecule has 0 radical (unpaired) electrons. The van der Waals surface area contributed by atoms with Crippen LogP contribution in [0, 0.1) is 5.92 Å². The van der Waals surface area contributed by atoms with E-state index in [0.29, 0.717) is 31.3 Å². The van der Waals surface area contributed by atoms with E-state index in [1.54, 1.807) is 28.6 Å². The van der Waals surface area contributed by atoms with Crippen LogP contribution >= 0.6 is 0 Å². The van der Waals surface area contributed by atoms with Gasteiger partial charge in [0, 0.05) is 19.1 Å². The van der Waals surface area contributed by atoms with Gasteiger partial charge in [-0.15, -0.1) is 0 Å². The number of benzene rings is 1. The van der Waals surface area contributed by atoms with Crippen molar-refractivity contribution >= 4 is 10.0 Å². The van der Waals surface area contributed by atoms with Crippen molar-refractivity contribution in [3.8, 4) is 0 Å². The van der Waals surface area contributed by atoms with E-state index in [1.807, 2.05) is 13.0 Å². The first kappa shape index (κ1) is 14.0. The van der Waals surface area contributed by atoms with Gasteiger partial charge >= 0.3 is 0 Å². The van der Waals surface area contributed by atoms with Gasteiger partial charge in [0.15, 0.2) is 0 Å². The highest BCUT2D eigenvalue weighted by Gasteiger charge is 2.50. The summed E-state index contributed by atoms with van der Waals surface area (Å²) >= 11 is 0. The molecule has 20 heavy (non-hydrogen) atoms. The highest BCUT2D eigenvalue weighted by atomic mass is 32.2. The largest absolute Gasteiger partial charge is 0.379 e. The quantitative estimate of drug-likeness (QED) is 0.835. The molecule has 6 heteroatoms. The van der Waals surface area contributed by atoms with Crippen LogP contribution in [0.15, 0.2) is 35.2 Å². The van der Waals surface area contributed by atoms with E-state index in [-0.39, 0.29) is 18.1 Å². The Morgan fingerprint density at radius 2 is 2.05 bits per heavy atom. The Bertz CT molecular complexity index is 560. The average molecular weight is 297 g/mol. The number of fused-ring (bicyclic) bond motifs is 1. The van der Waals surface area contributed by atoms with Gasteiger partial charge in [-0.05, 0) is 19.1 Å². The molecule has 0 spiro atoms. The van der Waals surface area contributed by atoms with Gasteiger partial charge < -0.3 is 9.47 Å². The Balaban J connectivity index is 1.90. The van der Waals surface area contributed by atoms with E-state index in [2.05, 4.69) is 0 Å². The summed E-state index contributed by atoms with van der Waals surface area (Å²) in [6, 6.07) is 8.46. The Kier molecular flexibility index (Phi) is 3.81. The van der Waals surface area contributed by atoms with Crippen LogP contribution in [0.3, 0.4) is 0 Å². The number of rotatable bonds is 4. The van der Waals surface area contributed by atoms with Gasteiger partial charge in [-0.2, -0.15) is 4.31 Å². The molecule has 0 unspecified atom stereocenters. The zero-order chi connectivity index (χ0) is 14.2. The Morgan fingerprint density at radius 3 is 2.75 bits per heavy atom. The normalized spacial score (nSPS) is 30.6. The molecule has 3 rings (SSSR count). The summed E-state index contributed by atoms with van der Waals surface area (Å²) in [6.07, 6.45) is -0.0639. The number of hydrogen-bond acceptors (Lipinski definition) is 4. The van der Waals surface area contributed by atoms with Crippen molar-refractivity contribution < 1.29 is 17.9 Å². The highest BCUT2D eigenvalue weighted by Crippen LogP contribution is 2.35. The zero-order valence-electron chi connectivity index (χ0n) is 11.4. The van der Waals surface area contributed by atoms with Gasteiger partial charge in [0.25, 0.3) is 0 Å². The first-order chi connectivity index (χ1) is 9.64. The molecule has 0 saturated carbocycles. The molecule has 0 aliphatic carbocycles. The van der Waals surface area contributed by atoms with Crippen molar-refractivity contribution in [1.82, 2.24) is 4.31 Å². The van der Waals surface area contributed by atoms with Gasteiger partial charge in [0.1, 0.15) is 0 Å². The molecule has 1 aromatic rings. The maximum absolute atomic E-state index is 12.7. The van der Waals surface area contributed by atoms with Crippen molar-refractivity contribution in [2.75, 3.05) is 26.4 Å². The predicted molar refractivity (Wildman–Crippen MR) is 73.8 cm³/mol. The van der Waals surface area contributed by atoms with Crippen LogP contribution in [-0.4, -0.2) is 51.2 Å². The maximum atomic E-state index is 12.7. The standard InChI is InChI=1S/C14H19NO4S/c1-2-19-14-8-15(13-10-18-9-12(13)14)20(16,17)11-6-4-3-5-7-11/h3-7,12-14H,2,8-10H2,1H3/t12-,13+,14-/m1/s1. The number of hydrogen-bond donors (Lipinski definition) is 0. The zero-order valence-corrected chi connectivity index (χ0v) is 12.3. The Morgan fingerprint density at radius 1 is 1.30 bits per heavy atom. The minimum Gasteiger partial charge on any atom is -0.379 e.